The topological polar surface area (TPSA) is 77.0 Å². The second-order valence-electron chi connectivity index (χ2n) is 5.49. The van der Waals surface area contributed by atoms with Gasteiger partial charge in [0, 0.05) is 6.54 Å². The fourth-order valence-electron chi connectivity index (χ4n) is 2.83. The Labute approximate surface area is 123 Å². The number of urea groups is 1. The molecule has 1 aliphatic rings. The van der Waals surface area contributed by atoms with E-state index in [9.17, 15) is 4.79 Å². The van der Waals surface area contributed by atoms with Crippen LogP contribution in [-0.2, 0) is 0 Å². The molecule has 21 heavy (non-hydrogen) atoms. The summed E-state index contributed by atoms with van der Waals surface area (Å²) in [5.74, 6) is 0.773. The van der Waals surface area contributed by atoms with Gasteiger partial charge in [0.15, 0.2) is 5.82 Å². The van der Waals surface area contributed by atoms with Crippen LogP contribution in [0.5, 0.6) is 0 Å². The number of hydrogen-bond donors (Lipinski definition) is 1. The standard InChI is InChI=1S/C15H19N5O/c1-10-5-6-12(8-11(10)2)20-14(17-9-18-20)13-4-3-7-19(13)15(16)21/h5-6,8-9,13H,3-4,7H2,1-2H3,(H2,16,21)/t13-/m0/s1. The number of amides is 2. The van der Waals surface area contributed by atoms with Gasteiger partial charge in [-0.15, -0.1) is 0 Å². The lowest BCUT2D eigenvalue weighted by Gasteiger charge is -2.22. The average Bonchev–Trinajstić information content (AvgIpc) is 3.08. The van der Waals surface area contributed by atoms with E-state index in [2.05, 4.69) is 36.1 Å². The number of nitrogens with zero attached hydrogens (tertiary/aromatic N) is 4. The van der Waals surface area contributed by atoms with Crippen molar-refractivity contribution in [1.82, 2.24) is 19.7 Å². The first-order chi connectivity index (χ1) is 10.1. The number of aryl methyl sites for hydroxylation is 2. The molecule has 2 N–H and O–H groups in total. The maximum Gasteiger partial charge on any atom is 0.315 e. The lowest BCUT2D eigenvalue weighted by molar-refractivity contribution is 0.200. The van der Waals surface area contributed by atoms with Crippen LogP contribution in [0.3, 0.4) is 0 Å². The number of benzene rings is 1. The van der Waals surface area contributed by atoms with Crippen molar-refractivity contribution in [2.24, 2.45) is 5.73 Å². The van der Waals surface area contributed by atoms with Gasteiger partial charge in [0.2, 0.25) is 0 Å². The lowest BCUT2D eigenvalue weighted by Crippen LogP contribution is -2.36. The maximum absolute atomic E-state index is 11.5. The molecule has 1 aromatic heterocycles. The van der Waals surface area contributed by atoms with Gasteiger partial charge in [-0.3, -0.25) is 0 Å². The summed E-state index contributed by atoms with van der Waals surface area (Å²) in [6, 6.07) is 5.68. The third-order valence-electron chi connectivity index (χ3n) is 4.14. The molecule has 3 rings (SSSR count). The number of primary amides is 1. The smallest absolute Gasteiger partial charge is 0.315 e. The van der Waals surface area contributed by atoms with E-state index in [-0.39, 0.29) is 6.04 Å². The van der Waals surface area contributed by atoms with Gasteiger partial charge < -0.3 is 10.6 Å². The monoisotopic (exact) mass is 285 g/mol. The molecule has 2 heterocycles. The van der Waals surface area contributed by atoms with Crippen molar-refractivity contribution in [2.45, 2.75) is 32.7 Å². The predicted molar refractivity (Wildman–Crippen MR) is 79.1 cm³/mol. The van der Waals surface area contributed by atoms with Crippen molar-refractivity contribution >= 4 is 6.03 Å². The third kappa shape index (κ3) is 2.37. The third-order valence-corrected chi connectivity index (χ3v) is 4.14. The number of carbonyl (C=O) groups is 1. The van der Waals surface area contributed by atoms with Crippen LogP contribution in [-0.4, -0.2) is 32.2 Å². The van der Waals surface area contributed by atoms with Gasteiger partial charge in [-0.05, 0) is 49.9 Å². The van der Waals surface area contributed by atoms with Crippen molar-refractivity contribution in [3.8, 4) is 5.69 Å². The van der Waals surface area contributed by atoms with Crippen LogP contribution >= 0.6 is 0 Å². The molecule has 0 spiro atoms. The fraction of sp³-hybridized carbons (Fsp3) is 0.400. The molecule has 0 radical (unpaired) electrons. The van der Waals surface area contributed by atoms with E-state index in [0.29, 0.717) is 6.54 Å². The molecule has 0 saturated carbocycles. The quantitative estimate of drug-likeness (QED) is 0.918. The van der Waals surface area contributed by atoms with E-state index < -0.39 is 6.03 Å². The van der Waals surface area contributed by atoms with Gasteiger partial charge in [-0.2, -0.15) is 5.10 Å². The van der Waals surface area contributed by atoms with Crippen LogP contribution in [0.1, 0.15) is 35.8 Å². The minimum atomic E-state index is -0.396. The molecule has 1 saturated heterocycles. The zero-order valence-corrected chi connectivity index (χ0v) is 12.3. The van der Waals surface area contributed by atoms with E-state index in [1.54, 1.807) is 9.58 Å². The molecule has 110 valence electrons. The van der Waals surface area contributed by atoms with Crippen molar-refractivity contribution < 1.29 is 4.79 Å². The minimum Gasteiger partial charge on any atom is -0.351 e. The van der Waals surface area contributed by atoms with Crippen LogP contribution in [0.15, 0.2) is 24.5 Å². The second-order valence-corrected chi connectivity index (χ2v) is 5.49. The molecule has 2 aromatic rings. The Bertz CT molecular complexity index is 678. The van der Waals surface area contributed by atoms with E-state index in [1.165, 1.54) is 17.5 Å². The summed E-state index contributed by atoms with van der Waals surface area (Å²) in [6.45, 7) is 4.83. The molecule has 1 aromatic carbocycles. The lowest BCUT2D eigenvalue weighted by atomic mass is 10.1. The molecular weight excluding hydrogens is 266 g/mol. The summed E-state index contributed by atoms with van der Waals surface area (Å²) in [6.07, 6.45) is 3.34. The van der Waals surface area contributed by atoms with Crippen molar-refractivity contribution in [3.63, 3.8) is 0 Å². The Kier molecular flexibility index (Phi) is 3.37. The number of hydrogen-bond acceptors (Lipinski definition) is 3. The molecule has 6 heteroatoms. The van der Waals surface area contributed by atoms with Crippen LogP contribution in [0.25, 0.3) is 5.69 Å². The Hall–Kier alpha value is -2.37. The number of rotatable bonds is 2. The molecule has 1 atom stereocenters. The summed E-state index contributed by atoms with van der Waals surface area (Å²) in [7, 11) is 0. The average molecular weight is 285 g/mol. The van der Waals surface area contributed by atoms with Gasteiger partial charge >= 0.3 is 6.03 Å². The van der Waals surface area contributed by atoms with Crippen LogP contribution in [0.4, 0.5) is 4.79 Å². The molecule has 2 amide bonds. The van der Waals surface area contributed by atoms with Crippen molar-refractivity contribution in [2.75, 3.05) is 6.54 Å². The SMILES string of the molecule is Cc1ccc(-n2ncnc2[C@@H]2CCCN2C(N)=O)cc1C. The number of aromatic nitrogens is 3. The Balaban J connectivity index is 2.01. The molecule has 1 aliphatic heterocycles. The molecule has 0 unspecified atom stereocenters. The summed E-state index contributed by atoms with van der Waals surface area (Å²) in [5, 5.41) is 4.32. The highest BCUT2D eigenvalue weighted by Crippen LogP contribution is 2.31. The second kappa shape index (κ2) is 5.20. The van der Waals surface area contributed by atoms with Crippen LogP contribution < -0.4 is 5.73 Å². The van der Waals surface area contributed by atoms with Gasteiger partial charge in [-0.25, -0.2) is 14.5 Å². The normalized spacial score (nSPS) is 18.2. The molecule has 0 aliphatic carbocycles. The first-order valence-corrected chi connectivity index (χ1v) is 7.11. The van der Waals surface area contributed by atoms with Crippen molar-refractivity contribution in [3.05, 3.63) is 41.5 Å². The summed E-state index contributed by atoms with van der Waals surface area (Å²) >= 11 is 0. The highest BCUT2D eigenvalue weighted by molar-refractivity contribution is 5.72. The minimum absolute atomic E-state index is 0.0911. The van der Waals surface area contributed by atoms with Gasteiger partial charge in [0.25, 0.3) is 0 Å². The van der Waals surface area contributed by atoms with E-state index >= 15 is 0 Å². The van der Waals surface area contributed by atoms with E-state index in [4.69, 9.17) is 5.73 Å². The Morgan fingerprint density at radius 1 is 1.33 bits per heavy atom. The van der Waals surface area contributed by atoms with Gasteiger partial charge in [0.1, 0.15) is 6.33 Å². The molecule has 1 fully saturated rings. The Morgan fingerprint density at radius 3 is 2.86 bits per heavy atom. The molecule has 6 nitrogen and oxygen atoms in total. The first kappa shape index (κ1) is 13.6. The van der Waals surface area contributed by atoms with Gasteiger partial charge in [0.05, 0.1) is 11.7 Å². The number of carbonyl (C=O) groups excluding carboxylic acids is 1. The fourth-order valence-corrected chi connectivity index (χ4v) is 2.83. The molecule has 0 bridgehead atoms. The number of likely N-dealkylation sites (tertiary alicyclic amines) is 1. The van der Waals surface area contributed by atoms with Crippen LogP contribution in [0, 0.1) is 13.8 Å². The summed E-state index contributed by atoms with van der Waals surface area (Å²) < 4.78 is 1.80. The number of nitrogens with two attached hydrogens (primary N) is 1. The largest absolute Gasteiger partial charge is 0.351 e. The summed E-state index contributed by atoms with van der Waals surface area (Å²) in [5.41, 5.74) is 8.85. The first-order valence-electron chi connectivity index (χ1n) is 7.11. The highest BCUT2D eigenvalue weighted by Gasteiger charge is 2.32. The zero-order chi connectivity index (χ0) is 15.0. The predicted octanol–water partition coefficient (Wildman–Crippen LogP) is 2.10. The zero-order valence-electron chi connectivity index (χ0n) is 12.3. The van der Waals surface area contributed by atoms with Gasteiger partial charge in [-0.1, -0.05) is 6.07 Å². The molecular formula is C15H19N5O. The van der Waals surface area contributed by atoms with E-state index in [0.717, 1.165) is 24.4 Å². The Morgan fingerprint density at radius 2 is 2.14 bits per heavy atom. The van der Waals surface area contributed by atoms with Crippen LogP contribution in [0.2, 0.25) is 0 Å². The maximum atomic E-state index is 11.5. The highest BCUT2D eigenvalue weighted by atomic mass is 16.2. The van der Waals surface area contributed by atoms with E-state index in [1.807, 2.05) is 6.07 Å². The summed E-state index contributed by atoms with van der Waals surface area (Å²) in [4.78, 5) is 17.6. The van der Waals surface area contributed by atoms with Crippen molar-refractivity contribution in [1.29, 1.82) is 0 Å².